The second-order valence-electron chi connectivity index (χ2n) is 5.36. The highest BCUT2D eigenvalue weighted by Crippen LogP contribution is 2.16. The molecule has 0 aliphatic carbocycles. The van der Waals surface area contributed by atoms with Gasteiger partial charge in [0.15, 0.2) is 5.96 Å². The summed E-state index contributed by atoms with van der Waals surface area (Å²) < 4.78 is 5.31. The predicted octanol–water partition coefficient (Wildman–Crippen LogP) is 1.93. The molecule has 126 valence electrons. The molecule has 21 heavy (non-hydrogen) atoms. The smallest absolute Gasteiger partial charge is 0.191 e. The van der Waals surface area contributed by atoms with Crippen molar-refractivity contribution in [3.05, 3.63) is 0 Å². The number of nitrogens with one attached hydrogen (secondary N) is 2. The molecule has 1 aliphatic heterocycles. The van der Waals surface area contributed by atoms with Crippen molar-refractivity contribution in [1.29, 1.82) is 0 Å². The Balaban J connectivity index is 0.00000400. The van der Waals surface area contributed by atoms with E-state index in [2.05, 4.69) is 27.4 Å². The molecule has 0 aromatic heterocycles. The monoisotopic (exact) mass is 412 g/mol. The van der Waals surface area contributed by atoms with Crippen LogP contribution in [0.1, 0.15) is 33.1 Å². The van der Waals surface area contributed by atoms with Gasteiger partial charge in [-0.25, -0.2) is 0 Å². The van der Waals surface area contributed by atoms with Gasteiger partial charge in [0.25, 0.3) is 0 Å². The Morgan fingerprint density at radius 3 is 2.52 bits per heavy atom. The number of rotatable bonds is 8. The molecule has 1 rings (SSSR count). The normalized spacial score (nSPS) is 17.4. The summed E-state index contributed by atoms with van der Waals surface area (Å²) in [5.41, 5.74) is 0. The van der Waals surface area contributed by atoms with Crippen LogP contribution in [0.4, 0.5) is 0 Å². The number of nitrogens with zero attached hydrogens (tertiary/aromatic N) is 2. The van der Waals surface area contributed by atoms with Crippen LogP contribution in [-0.4, -0.2) is 63.8 Å². The molecule has 6 heteroatoms. The van der Waals surface area contributed by atoms with Gasteiger partial charge < -0.3 is 20.3 Å². The highest BCUT2D eigenvalue weighted by molar-refractivity contribution is 14.0. The molecule has 0 spiro atoms. The van der Waals surface area contributed by atoms with E-state index in [9.17, 15) is 0 Å². The number of piperidine rings is 1. The molecule has 0 atom stereocenters. The third-order valence-corrected chi connectivity index (χ3v) is 3.77. The molecule has 1 aliphatic rings. The zero-order valence-corrected chi connectivity index (χ0v) is 16.2. The van der Waals surface area contributed by atoms with Gasteiger partial charge in [0.2, 0.25) is 0 Å². The topological polar surface area (TPSA) is 48.9 Å². The van der Waals surface area contributed by atoms with Gasteiger partial charge in [-0.15, -0.1) is 24.0 Å². The molecule has 2 N–H and O–H groups in total. The van der Waals surface area contributed by atoms with Crippen LogP contribution in [0.15, 0.2) is 4.99 Å². The van der Waals surface area contributed by atoms with Gasteiger partial charge in [-0.3, -0.25) is 4.99 Å². The molecule has 0 aromatic carbocycles. The fraction of sp³-hybridized carbons (Fsp3) is 0.933. The summed E-state index contributed by atoms with van der Waals surface area (Å²) in [6.45, 7) is 11.3. The zero-order chi connectivity index (χ0) is 14.6. The quantitative estimate of drug-likeness (QED) is 0.277. The van der Waals surface area contributed by atoms with Crippen molar-refractivity contribution in [2.45, 2.75) is 33.1 Å². The molecule has 1 heterocycles. The molecule has 0 bridgehead atoms. The van der Waals surface area contributed by atoms with Crippen molar-refractivity contribution in [2.75, 3.05) is 53.0 Å². The van der Waals surface area contributed by atoms with Gasteiger partial charge in [0, 0.05) is 26.7 Å². The minimum Gasteiger partial charge on any atom is -0.380 e. The van der Waals surface area contributed by atoms with E-state index in [0.29, 0.717) is 0 Å². The van der Waals surface area contributed by atoms with Crippen LogP contribution in [0, 0.1) is 5.92 Å². The molecule has 5 nitrogen and oxygen atoms in total. The summed E-state index contributed by atoms with van der Waals surface area (Å²) in [7, 11) is 1.82. The predicted molar refractivity (Wildman–Crippen MR) is 101 cm³/mol. The molecular formula is C15H33IN4O. The molecule has 1 saturated heterocycles. The minimum atomic E-state index is 0. The average molecular weight is 412 g/mol. The Kier molecular flexibility index (Phi) is 13.5. The van der Waals surface area contributed by atoms with E-state index in [0.717, 1.165) is 38.2 Å². The van der Waals surface area contributed by atoms with Gasteiger partial charge in [0.05, 0.1) is 6.61 Å². The van der Waals surface area contributed by atoms with Crippen LogP contribution in [0.25, 0.3) is 0 Å². The first-order chi connectivity index (χ1) is 9.80. The number of hydrogen-bond acceptors (Lipinski definition) is 3. The van der Waals surface area contributed by atoms with Gasteiger partial charge in [0.1, 0.15) is 0 Å². The first-order valence-corrected chi connectivity index (χ1v) is 8.04. The lowest BCUT2D eigenvalue weighted by molar-refractivity contribution is 0.152. The number of likely N-dealkylation sites (tertiary alicyclic amines) is 1. The highest BCUT2D eigenvalue weighted by Gasteiger charge is 2.18. The van der Waals surface area contributed by atoms with E-state index in [1.54, 1.807) is 0 Å². The lowest BCUT2D eigenvalue weighted by Crippen LogP contribution is -2.43. The Morgan fingerprint density at radius 2 is 1.95 bits per heavy atom. The zero-order valence-electron chi connectivity index (χ0n) is 13.9. The third kappa shape index (κ3) is 9.52. The first kappa shape index (κ1) is 20.9. The van der Waals surface area contributed by atoms with Crippen LogP contribution in [0.5, 0.6) is 0 Å². The fourth-order valence-electron chi connectivity index (χ4n) is 2.58. The Morgan fingerprint density at radius 1 is 1.24 bits per heavy atom. The lowest BCUT2D eigenvalue weighted by Gasteiger charge is -2.32. The lowest BCUT2D eigenvalue weighted by atomic mass is 9.97. The summed E-state index contributed by atoms with van der Waals surface area (Å²) >= 11 is 0. The Labute approximate surface area is 147 Å². The summed E-state index contributed by atoms with van der Waals surface area (Å²) in [5.74, 6) is 1.66. The molecule has 0 saturated carbocycles. The number of guanidine groups is 1. The number of ether oxygens (including phenoxy) is 1. The maximum atomic E-state index is 5.31. The first-order valence-electron chi connectivity index (χ1n) is 8.04. The molecule has 0 unspecified atom stereocenters. The maximum absolute atomic E-state index is 5.31. The molecular weight excluding hydrogens is 379 g/mol. The molecule has 1 fully saturated rings. The van der Waals surface area contributed by atoms with Gasteiger partial charge in [-0.2, -0.15) is 0 Å². The van der Waals surface area contributed by atoms with Gasteiger partial charge in [-0.1, -0.05) is 6.92 Å². The van der Waals surface area contributed by atoms with Crippen molar-refractivity contribution < 1.29 is 4.74 Å². The standard InChI is InChI=1S/C15H32N4O.HI/c1-4-9-19-10-6-14(7-11-19)13-18-15(16-3)17-8-12-20-5-2;/h14H,4-13H2,1-3H3,(H2,16,17,18);1H. The highest BCUT2D eigenvalue weighted by atomic mass is 127. The van der Waals surface area contributed by atoms with E-state index < -0.39 is 0 Å². The summed E-state index contributed by atoms with van der Waals surface area (Å²) in [6.07, 6.45) is 3.85. The number of aliphatic imine (C=N–C) groups is 1. The van der Waals surface area contributed by atoms with Gasteiger partial charge in [-0.05, 0) is 51.7 Å². The number of hydrogen-bond donors (Lipinski definition) is 2. The Bertz CT molecular complexity index is 268. The second-order valence-corrected chi connectivity index (χ2v) is 5.36. The summed E-state index contributed by atoms with van der Waals surface area (Å²) in [5, 5.41) is 6.70. The van der Waals surface area contributed by atoms with Gasteiger partial charge >= 0.3 is 0 Å². The maximum Gasteiger partial charge on any atom is 0.191 e. The van der Waals surface area contributed by atoms with Crippen molar-refractivity contribution in [1.82, 2.24) is 15.5 Å². The van der Waals surface area contributed by atoms with E-state index in [-0.39, 0.29) is 24.0 Å². The number of halogens is 1. The van der Waals surface area contributed by atoms with Crippen molar-refractivity contribution in [3.63, 3.8) is 0 Å². The van der Waals surface area contributed by atoms with E-state index >= 15 is 0 Å². The van der Waals surface area contributed by atoms with E-state index in [1.807, 2.05) is 14.0 Å². The van der Waals surface area contributed by atoms with Crippen LogP contribution in [0.2, 0.25) is 0 Å². The largest absolute Gasteiger partial charge is 0.380 e. The molecule has 0 amide bonds. The minimum absolute atomic E-state index is 0. The van der Waals surface area contributed by atoms with E-state index in [4.69, 9.17) is 4.74 Å². The fourth-order valence-corrected chi connectivity index (χ4v) is 2.58. The van der Waals surface area contributed by atoms with Crippen molar-refractivity contribution in [2.24, 2.45) is 10.9 Å². The average Bonchev–Trinajstić information content (AvgIpc) is 2.48. The van der Waals surface area contributed by atoms with Crippen LogP contribution < -0.4 is 10.6 Å². The van der Waals surface area contributed by atoms with Crippen molar-refractivity contribution in [3.8, 4) is 0 Å². The summed E-state index contributed by atoms with van der Waals surface area (Å²) in [4.78, 5) is 6.82. The van der Waals surface area contributed by atoms with Crippen LogP contribution >= 0.6 is 24.0 Å². The van der Waals surface area contributed by atoms with Crippen LogP contribution in [0.3, 0.4) is 0 Å². The Hall–Kier alpha value is -0.0800. The van der Waals surface area contributed by atoms with Crippen molar-refractivity contribution >= 4 is 29.9 Å². The van der Waals surface area contributed by atoms with E-state index in [1.165, 1.54) is 38.9 Å². The molecule has 0 radical (unpaired) electrons. The van der Waals surface area contributed by atoms with Crippen LogP contribution in [-0.2, 0) is 4.74 Å². The second kappa shape index (κ2) is 13.6. The third-order valence-electron chi connectivity index (χ3n) is 3.77. The SMILES string of the molecule is CCCN1CCC(CNC(=NC)NCCOCC)CC1.I. The molecule has 0 aromatic rings. The summed E-state index contributed by atoms with van der Waals surface area (Å²) in [6, 6.07) is 0.